The highest BCUT2D eigenvalue weighted by atomic mass is 35.5. The van der Waals surface area contributed by atoms with Gasteiger partial charge < -0.3 is 5.32 Å². The Kier molecular flexibility index (Phi) is 4.90. The first-order chi connectivity index (χ1) is 9.17. The number of aryl methyl sites for hydroxylation is 2. The molecule has 0 spiro atoms. The third-order valence-electron chi connectivity index (χ3n) is 3.03. The largest absolute Gasteiger partial charge is 0.308 e. The summed E-state index contributed by atoms with van der Waals surface area (Å²) in [6, 6.07) is 0.127. The van der Waals surface area contributed by atoms with E-state index in [9.17, 15) is 0 Å². The second-order valence-electron chi connectivity index (χ2n) is 4.31. The van der Waals surface area contributed by atoms with Crippen LogP contribution in [0.15, 0.2) is 5.38 Å². The molecule has 1 N–H and O–H groups in total. The highest BCUT2D eigenvalue weighted by Crippen LogP contribution is 2.25. The SMILES string of the molecule is CCNC(Cc1c(Cl)c(C)nn1CC)c1csnn1. The summed E-state index contributed by atoms with van der Waals surface area (Å²) in [6.07, 6.45) is 0.771. The van der Waals surface area contributed by atoms with Crippen LogP contribution in [0.3, 0.4) is 0 Å². The minimum atomic E-state index is 0.127. The van der Waals surface area contributed by atoms with Gasteiger partial charge in [0.25, 0.3) is 0 Å². The van der Waals surface area contributed by atoms with Crippen molar-refractivity contribution in [2.45, 2.75) is 39.8 Å². The molecule has 1 atom stereocenters. The molecule has 19 heavy (non-hydrogen) atoms. The number of likely N-dealkylation sites (N-methyl/N-ethyl adjacent to an activating group) is 1. The topological polar surface area (TPSA) is 55.6 Å². The Labute approximate surface area is 122 Å². The second kappa shape index (κ2) is 6.45. The van der Waals surface area contributed by atoms with Crippen molar-refractivity contribution in [1.82, 2.24) is 24.7 Å². The van der Waals surface area contributed by atoms with Crippen molar-refractivity contribution in [3.8, 4) is 0 Å². The van der Waals surface area contributed by atoms with Crippen molar-refractivity contribution in [3.63, 3.8) is 0 Å². The van der Waals surface area contributed by atoms with Crippen molar-refractivity contribution in [3.05, 3.63) is 27.5 Å². The summed E-state index contributed by atoms with van der Waals surface area (Å²) in [5.74, 6) is 0. The fourth-order valence-electron chi connectivity index (χ4n) is 2.11. The molecule has 1 unspecified atom stereocenters. The molecule has 0 fully saturated rings. The molecular weight excluding hydrogens is 282 g/mol. The van der Waals surface area contributed by atoms with E-state index in [1.54, 1.807) is 0 Å². The lowest BCUT2D eigenvalue weighted by molar-refractivity contribution is 0.506. The van der Waals surface area contributed by atoms with Crippen LogP contribution in [-0.2, 0) is 13.0 Å². The summed E-state index contributed by atoms with van der Waals surface area (Å²) in [7, 11) is 0. The van der Waals surface area contributed by atoms with Crippen LogP contribution in [0.25, 0.3) is 0 Å². The lowest BCUT2D eigenvalue weighted by atomic mass is 10.1. The fraction of sp³-hybridized carbons (Fsp3) is 0.583. The third kappa shape index (κ3) is 3.13. The van der Waals surface area contributed by atoms with Gasteiger partial charge in [-0.05, 0) is 31.9 Å². The maximum Gasteiger partial charge on any atom is 0.0928 e. The number of rotatable bonds is 6. The lowest BCUT2D eigenvalue weighted by Crippen LogP contribution is -2.24. The summed E-state index contributed by atoms with van der Waals surface area (Å²) >= 11 is 7.72. The minimum absolute atomic E-state index is 0.127. The molecule has 2 aromatic heterocycles. The van der Waals surface area contributed by atoms with Gasteiger partial charge in [-0.1, -0.05) is 23.0 Å². The highest BCUT2D eigenvalue weighted by molar-refractivity contribution is 7.03. The fourth-order valence-corrected chi connectivity index (χ4v) is 2.83. The maximum absolute atomic E-state index is 6.35. The van der Waals surface area contributed by atoms with Gasteiger partial charge in [-0.25, -0.2) is 0 Å². The highest BCUT2D eigenvalue weighted by Gasteiger charge is 2.20. The number of hydrogen-bond acceptors (Lipinski definition) is 5. The van der Waals surface area contributed by atoms with Crippen LogP contribution < -0.4 is 5.32 Å². The number of halogens is 1. The van der Waals surface area contributed by atoms with Crippen LogP contribution >= 0.6 is 23.1 Å². The molecule has 7 heteroatoms. The van der Waals surface area contributed by atoms with Gasteiger partial charge in [0, 0.05) is 18.3 Å². The first-order valence-corrected chi connectivity index (χ1v) is 7.60. The Bertz CT molecular complexity index is 522. The zero-order valence-electron chi connectivity index (χ0n) is 11.4. The Morgan fingerprint density at radius 2 is 2.26 bits per heavy atom. The van der Waals surface area contributed by atoms with Gasteiger partial charge in [0.2, 0.25) is 0 Å². The number of nitrogens with one attached hydrogen (secondary N) is 1. The Balaban J connectivity index is 2.27. The number of hydrogen-bond donors (Lipinski definition) is 1. The Hall–Kier alpha value is -0.980. The normalized spacial score (nSPS) is 12.8. The zero-order chi connectivity index (χ0) is 13.8. The molecule has 0 aliphatic carbocycles. The van der Waals surface area contributed by atoms with E-state index in [-0.39, 0.29) is 6.04 Å². The first-order valence-electron chi connectivity index (χ1n) is 6.39. The average Bonchev–Trinajstić information content (AvgIpc) is 3.01. The first kappa shape index (κ1) is 14.4. The van der Waals surface area contributed by atoms with Crippen LogP contribution in [0.1, 0.15) is 37.0 Å². The second-order valence-corrected chi connectivity index (χ2v) is 5.29. The maximum atomic E-state index is 6.35. The van der Waals surface area contributed by atoms with Gasteiger partial charge in [0.05, 0.1) is 28.1 Å². The standard InChI is InChI=1S/C12H18ClN5S/c1-4-14-9(10-7-19-17-15-10)6-11-12(13)8(3)16-18(11)5-2/h7,9,14H,4-6H2,1-3H3. The van der Waals surface area contributed by atoms with Crippen LogP contribution in [-0.4, -0.2) is 25.9 Å². The molecule has 0 aliphatic rings. The molecule has 0 bridgehead atoms. The average molecular weight is 300 g/mol. The van der Waals surface area contributed by atoms with Crippen molar-refractivity contribution in [1.29, 1.82) is 0 Å². The molecular formula is C12H18ClN5S. The van der Waals surface area contributed by atoms with E-state index in [1.165, 1.54) is 11.5 Å². The molecule has 0 aliphatic heterocycles. The van der Waals surface area contributed by atoms with Gasteiger partial charge in [-0.2, -0.15) is 5.10 Å². The van der Waals surface area contributed by atoms with Crippen LogP contribution in [0.5, 0.6) is 0 Å². The minimum Gasteiger partial charge on any atom is -0.308 e. The summed E-state index contributed by atoms with van der Waals surface area (Å²) < 4.78 is 5.89. The van der Waals surface area contributed by atoms with Crippen molar-refractivity contribution < 1.29 is 0 Å². The lowest BCUT2D eigenvalue weighted by Gasteiger charge is -2.16. The van der Waals surface area contributed by atoms with Crippen molar-refractivity contribution in [2.75, 3.05) is 6.54 Å². The monoisotopic (exact) mass is 299 g/mol. The van der Waals surface area contributed by atoms with Crippen LogP contribution in [0.2, 0.25) is 5.02 Å². The van der Waals surface area contributed by atoms with E-state index in [0.29, 0.717) is 0 Å². The summed E-state index contributed by atoms with van der Waals surface area (Å²) in [4.78, 5) is 0. The zero-order valence-corrected chi connectivity index (χ0v) is 12.9. The molecule has 0 saturated carbocycles. The van der Waals surface area contributed by atoms with E-state index >= 15 is 0 Å². The molecule has 0 amide bonds. The number of aromatic nitrogens is 4. The molecule has 2 aromatic rings. The quantitative estimate of drug-likeness (QED) is 0.891. The van der Waals surface area contributed by atoms with E-state index in [0.717, 1.165) is 41.6 Å². The molecule has 0 saturated heterocycles. The summed E-state index contributed by atoms with van der Waals surface area (Å²) in [6.45, 7) is 7.77. The Morgan fingerprint density at radius 1 is 1.47 bits per heavy atom. The van der Waals surface area contributed by atoms with Gasteiger partial charge in [-0.15, -0.1) is 5.10 Å². The molecule has 2 rings (SSSR count). The van der Waals surface area contributed by atoms with E-state index in [4.69, 9.17) is 11.6 Å². The molecule has 5 nitrogen and oxygen atoms in total. The molecule has 104 valence electrons. The van der Waals surface area contributed by atoms with Crippen molar-refractivity contribution >= 4 is 23.1 Å². The van der Waals surface area contributed by atoms with Gasteiger partial charge in [-0.3, -0.25) is 4.68 Å². The van der Waals surface area contributed by atoms with Gasteiger partial charge in [0.15, 0.2) is 0 Å². The predicted molar refractivity (Wildman–Crippen MR) is 77.7 cm³/mol. The summed E-state index contributed by atoms with van der Waals surface area (Å²) in [5.41, 5.74) is 2.90. The van der Waals surface area contributed by atoms with E-state index < -0.39 is 0 Å². The van der Waals surface area contributed by atoms with Gasteiger partial charge in [0.1, 0.15) is 0 Å². The molecule has 0 radical (unpaired) electrons. The van der Waals surface area contributed by atoms with E-state index in [2.05, 4.69) is 33.8 Å². The molecule has 0 aromatic carbocycles. The summed E-state index contributed by atoms with van der Waals surface area (Å²) in [5, 5.41) is 14.8. The van der Waals surface area contributed by atoms with E-state index in [1.807, 2.05) is 17.0 Å². The Morgan fingerprint density at radius 3 is 2.84 bits per heavy atom. The van der Waals surface area contributed by atoms with Crippen LogP contribution in [0, 0.1) is 6.92 Å². The number of nitrogens with zero attached hydrogens (tertiary/aromatic N) is 4. The smallest absolute Gasteiger partial charge is 0.0928 e. The predicted octanol–water partition coefficient (Wildman–Crippen LogP) is 2.61. The van der Waals surface area contributed by atoms with Crippen LogP contribution in [0.4, 0.5) is 0 Å². The van der Waals surface area contributed by atoms with Gasteiger partial charge >= 0.3 is 0 Å². The molecule has 2 heterocycles. The third-order valence-corrected chi connectivity index (χ3v) is 4.05. The van der Waals surface area contributed by atoms with Crippen molar-refractivity contribution in [2.24, 2.45) is 0 Å².